The Kier molecular flexibility index (Phi) is 6.34. The number of benzene rings is 9. The van der Waals surface area contributed by atoms with Gasteiger partial charge >= 0.3 is 0 Å². The molecule has 0 unspecified atom stereocenters. The fourth-order valence-electron chi connectivity index (χ4n) is 9.26. The van der Waals surface area contributed by atoms with Gasteiger partial charge in [-0.3, -0.25) is 0 Å². The lowest BCUT2D eigenvalue weighted by molar-refractivity contribution is 1.13. The minimum atomic E-state index is 1.14. The van der Waals surface area contributed by atoms with Crippen molar-refractivity contribution >= 4 is 76.2 Å². The number of rotatable bonds is 4. The normalized spacial score (nSPS) is 12.0. The Balaban J connectivity index is 1.20. The quantitative estimate of drug-likeness (QED) is 0.174. The lowest BCUT2D eigenvalue weighted by atomic mass is 9.99. The first-order valence-electron chi connectivity index (χ1n) is 18.9. The summed E-state index contributed by atoms with van der Waals surface area (Å²) in [5, 5.41) is 9.94. The molecule has 0 aliphatic carbocycles. The van der Waals surface area contributed by atoms with Crippen LogP contribution in [0.15, 0.2) is 200 Å². The summed E-state index contributed by atoms with van der Waals surface area (Å²) in [5.74, 6) is 0. The first-order chi connectivity index (χ1) is 27.3. The highest BCUT2D eigenvalue weighted by Crippen LogP contribution is 2.43. The van der Waals surface area contributed by atoms with E-state index in [1.54, 1.807) is 0 Å². The molecule has 0 fully saturated rings. The molecule has 0 radical (unpaired) electrons. The van der Waals surface area contributed by atoms with Crippen molar-refractivity contribution in [2.24, 2.45) is 0 Å². The van der Waals surface area contributed by atoms with Crippen LogP contribution in [0.2, 0.25) is 0 Å². The second kappa shape index (κ2) is 11.6. The summed E-state index contributed by atoms with van der Waals surface area (Å²) < 4.78 is 7.38. The van der Waals surface area contributed by atoms with Crippen LogP contribution in [0, 0.1) is 0 Å². The molecule has 0 atom stereocenters. The fraction of sp³-hybridized carbons (Fsp3) is 0. The highest BCUT2D eigenvalue weighted by atomic mass is 15.1. The van der Waals surface area contributed by atoms with Crippen LogP contribution in [0.3, 0.4) is 0 Å². The minimum absolute atomic E-state index is 1.14. The molecule has 0 spiro atoms. The van der Waals surface area contributed by atoms with E-state index in [0.29, 0.717) is 0 Å². The predicted octanol–water partition coefficient (Wildman–Crippen LogP) is 13.8. The van der Waals surface area contributed by atoms with Crippen LogP contribution in [-0.4, -0.2) is 13.7 Å². The zero-order valence-corrected chi connectivity index (χ0v) is 29.9. The average Bonchev–Trinajstić information content (AvgIpc) is 3.89. The second-order valence-electron chi connectivity index (χ2n) is 14.5. The Bertz CT molecular complexity index is 3430. The van der Waals surface area contributed by atoms with Gasteiger partial charge < -0.3 is 13.7 Å². The summed E-state index contributed by atoms with van der Waals surface area (Å²) in [6.45, 7) is 0. The molecule has 0 bridgehead atoms. The van der Waals surface area contributed by atoms with Gasteiger partial charge in [0, 0.05) is 43.4 Å². The van der Waals surface area contributed by atoms with Crippen molar-refractivity contribution in [2.75, 3.05) is 0 Å². The molecule has 0 amide bonds. The maximum atomic E-state index is 2.49. The number of nitrogens with zero attached hydrogens (tertiary/aromatic N) is 3. The predicted molar refractivity (Wildman–Crippen MR) is 232 cm³/mol. The number of hydrogen-bond acceptors (Lipinski definition) is 0. The molecule has 12 rings (SSSR count). The lowest BCUT2D eigenvalue weighted by Gasteiger charge is -2.16. The summed E-state index contributed by atoms with van der Waals surface area (Å²) in [6, 6.07) is 73.3. The van der Waals surface area contributed by atoms with E-state index in [1.807, 2.05) is 0 Å². The summed E-state index contributed by atoms with van der Waals surface area (Å²) in [7, 11) is 0. The first-order valence-corrected chi connectivity index (χ1v) is 18.9. The maximum Gasteiger partial charge on any atom is 0.0782 e. The Morgan fingerprint density at radius 2 is 0.727 bits per heavy atom. The summed E-state index contributed by atoms with van der Waals surface area (Å²) in [4.78, 5) is 0. The van der Waals surface area contributed by atoms with Crippen LogP contribution in [0.25, 0.3) is 104 Å². The molecule has 0 saturated carbocycles. The third-order valence-corrected chi connectivity index (χ3v) is 11.6. The van der Waals surface area contributed by atoms with Gasteiger partial charge in [0.25, 0.3) is 0 Å². The zero-order valence-electron chi connectivity index (χ0n) is 29.9. The molecule has 12 aromatic rings. The summed E-state index contributed by atoms with van der Waals surface area (Å²) in [6.07, 6.45) is 0. The fourth-order valence-corrected chi connectivity index (χ4v) is 9.26. The Hall–Kier alpha value is -7.36. The lowest BCUT2D eigenvalue weighted by Crippen LogP contribution is -2.01. The largest absolute Gasteiger partial charge is 0.309 e. The topological polar surface area (TPSA) is 14.8 Å². The van der Waals surface area contributed by atoms with Gasteiger partial charge in [-0.15, -0.1) is 0 Å². The van der Waals surface area contributed by atoms with Gasteiger partial charge in [0.05, 0.1) is 44.5 Å². The molecule has 0 saturated heterocycles. The van der Waals surface area contributed by atoms with Gasteiger partial charge in [-0.05, 0) is 83.2 Å². The molecule has 3 heterocycles. The highest BCUT2D eigenvalue weighted by molar-refractivity contribution is 6.17. The van der Waals surface area contributed by atoms with E-state index in [2.05, 4.69) is 214 Å². The van der Waals surface area contributed by atoms with Gasteiger partial charge in [0.15, 0.2) is 0 Å². The van der Waals surface area contributed by atoms with Gasteiger partial charge in [-0.25, -0.2) is 0 Å². The number of aromatic nitrogens is 3. The van der Waals surface area contributed by atoms with Crippen molar-refractivity contribution in [3.63, 3.8) is 0 Å². The Morgan fingerprint density at radius 1 is 0.255 bits per heavy atom. The molecule has 0 aliphatic heterocycles. The maximum absolute atomic E-state index is 2.49. The second-order valence-corrected chi connectivity index (χ2v) is 14.5. The molecule has 55 heavy (non-hydrogen) atoms. The number of fused-ring (bicyclic) bond motifs is 10. The molecular formula is C52H33N3. The Labute approximate surface area is 317 Å². The van der Waals surface area contributed by atoms with Crippen molar-refractivity contribution in [3.8, 4) is 28.2 Å². The van der Waals surface area contributed by atoms with Crippen LogP contribution < -0.4 is 0 Å². The number of para-hydroxylation sites is 5. The van der Waals surface area contributed by atoms with E-state index in [0.717, 1.165) is 11.4 Å². The molecule has 3 aromatic heterocycles. The van der Waals surface area contributed by atoms with Crippen molar-refractivity contribution < 1.29 is 0 Å². The van der Waals surface area contributed by atoms with Crippen molar-refractivity contribution in [1.29, 1.82) is 0 Å². The van der Waals surface area contributed by atoms with Gasteiger partial charge in [-0.2, -0.15) is 0 Å². The third-order valence-electron chi connectivity index (χ3n) is 11.6. The van der Waals surface area contributed by atoms with Crippen molar-refractivity contribution in [3.05, 3.63) is 200 Å². The molecule has 0 N–H and O–H groups in total. The van der Waals surface area contributed by atoms with Crippen LogP contribution in [0.1, 0.15) is 0 Å². The van der Waals surface area contributed by atoms with Gasteiger partial charge in [0.1, 0.15) is 0 Å². The smallest absolute Gasteiger partial charge is 0.0782 e. The van der Waals surface area contributed by atoms with Crippen LogP contribution in [0.4, 0.5) is 0 Å². The van der Waals surface area contributed by atoms with Crippen LogP contribution in [0.5, 0.6) is 0 Å². The van der Waals surface area contributed by atoms with Crippen LogP contribution >= 0.6 is 0 Å². The molecule has 256 valence electrons. The monoisotopic (exact) mass is 699 g/mol. The van der Waals surface area contributed by atoms with Crippen LogP contribution in [-0.2, 0) is 0 Å². The summed E-state index contributed by atoms with van der Waals surface area (Å²) in [5.41, 5.74) is 13.0. The van der Waals surface area contributed by atoms with E-state index in [1.165, 1.54) is 93.0 Å². The number of hydrogen-bond donors (Lipinski definition) is 0. The van der Waals surface area contributed by atoms with E-state index in [9.17, 15) is 0 Å². The van der Waals surface area contributed by atoms with E-state index < -0.39 is 0 Å². The molecule has 9 aromatic carbocycles. The zero-order chi connectivity index (χ0) is 36.0. The van der Waals surface area contributed by atoms with E-state index in [-0.39, 0.29) is 0 Å². The highest BCUT2D eigenvalue weighted by Gasteiger charge is 2.22. The first kappa shape index (κ1) is 30.1. The standard InChI is InChI=1S/C52H33N3/c1-2-17-37(18-3-1)53-46-24-10-9-23-42(46)44-32-36(33-51(52(44)53)55-47-25-11-6-20-39(47)40-21-7-12-26-48(40)55)35-29-30-50-43(31-35)41-22-8-13-27-49(41)54(50)45-28-14-16-34-15-4-5-19-38(34)45/h1-33H. The van der Waals surface area contributed by atoms with Gasteiger partial charge in [-0.1, -0.05) is 133 Å². The summed E-state index contributed by atoms with van der Waals surface area (Å²) >= 11 is 0. The van der Waals surface area contributed by atoms with Crippen molar-refractivity contribution in [1.82, 2.24) is 13.7 Å². The molecule has 0 aliphatic rings. The van der Waals surface area contributed by atoms with E-state index >= 15 is 0 Å². The average molecular weight is 700 g/mol. The van der Waals surface area contributed by atoms with E-state index in [4.69, 9.17) is 0 Å². The molecule has 3 nitrogen and oxygen atoms in total. The van der Waals surface area contributed by atoms with Crippen molar-refractivity contribution in [2.45, 2.75) is 0 Å². The third kappa shape index (κ3) is 4.32. The molecular weight excluding hydrogens is 667 g/mol. The molecule has 3 heteroatoms. The Morgan fingerprint density at radius 3 is 1.40 bits per heavy atom. The minimum Gasteiger partial charge on any atom is -0.309 e. The van der Waals surface area contributed by atoms with Gasteiger partial charge in [0.2, 0.25) is 0 Å². The SMILES string of the molecule is c1ccc(-n2c3ccccc3c3cc(-c4ccc5c(c4)c4ccccc4n5-c4cccc5ccccc45)cc(-n4c5ccccc5c5ccccc54)c32)cc1.